The summed E-state index contributed by atoms with van der Waals surface area (Å²) in [6.07, 6.45) is 1.72. The summed E-state index contributed by atoms with van der Waals surface area (Å²) < 4.78 is 6.68. The predicted molar refractivity (Wildman–Crippen MR) is 85.6 cm³/mol. The molecular weight excluding hydrogens is 350 g/mol. The monoisotopic (exact) mass is 365 g/mol. The highest BCUT2D eigenvalue weighted by Crippen LogP contribution is 2.33. The summed E-state index contributed by atoms with van der Waals surface area (Å²) >= 11 is 6.11. The molecule has 2 aliphatic rings. The minimum Gasteiger partial charge on any atom is -0.478 e. The number of ketones is 1. The van der Waals surface area contributed by atoms with Gasteiger partial charge in [-0.05, 0) is 12.8 Å². The first kappa shape index (κ1) is 17.5. The first-order valence-electron chi connectivity index (χ1n) is 7.90. The highest BCUT2D eigenvalue weighted by atomic mass is 35.5. The van der Waals surface area contributed by atoms with Crippen LogP contribution >= 0.6 is 11.6 Å². The van der Waals surface area contributed by atoms with Crippen LogP contribution in [-0.4, -0.2) is 46.1 Å². The molecule has 2 aliphatic heterocycles. The number of aromatic carboxylic acids is 1. The van der Waals surface area contributed by atoms with E-state index in [9.17, 15) is 24.8 Å². The first-order valence-corrected chi connectivity index (χ1v) is 8.28. The Bertz CT molecular complexity index is 802. The van der Waals surface area contributed by atoms with Gasteiger partial charge in [-0.15, -0.1) is 0 Å². The molecule has 1 saturated heterocycles. The Hall–Kier alpha value is -2.37. The number of fused-ring (bicyclic) bond motifs is 1. The van der Waals surface area contributed by atoms with E-state index >= 15 is 0 Å². The Morgan fingerprint density at radius 1 is 1.32 bits per heavy atom. The lowest BCUT2D eigenvalue weighted by atomic mass is 9.91. The number of carboxylic acid groups (broad SMARTS) is 1. The maximum atomic E-state index is 12.6. The summed E-state index contributed by atoms with van der Waals surface area (Å²) in [7, 11) is 0. The van der Waals surface area contributed by atoms with Crippen LogP contribution in [0.25, 0.3) is 0 Å². The number of Topliss-reactive ketones (excluding diaryl/α,β-unsaturated/α-hetero) is 1. The Morgan fingerprint density at radius 3 is 2.60 bits per heavy atom. The molecule has 0 aromatic carbocycles. The fourth-order valence-corrected chi connectivity index (χ4v) is 3.73. The van der Waals surface area contributed by atoms with Crippen molar-refractivity contribution < 1.29 is 24.2 Å². The summed E-state index contributed by atoms with van der Waals surface area (Å²) in [5, 5.41) is 21.0. The van der Waals surface area contributed by atoms with E-state index in [4.69, 9.17) is 16.3 Å². The zero-order valence-corrected chi connectivity index (χ0v) is 14.1. The van der Waals surface area contributed by atoms with Gasteiger partial charge in [-0.3, -0.25) is 9.59 Å². The number of carbonyl (C=O) groups is 3. The van der Waals surface area contributed by atoms with E-state index in [0.29, 0.717) is 38.3 Å². The molecule has 132 valence electrons. The van der Waals surface area contributed by atoms with Gasteiger partial charge in [0.2, 0.25) is 0 Å². The van der Waals surface area contributed by atoms with Crippen LogP contribution in [0.1, 0.15) is 45.8 Å². The molecule has 3 heterocycles. The number of carbonyl (C=O) groups excluding carboxylic acids is 2. The van der Waals surface area contributed by atoms with E-state index in [2.05, 4.69) is 5.32 Å². The molecule has 0 unspecified atom stereocenters. The molecule has 1 aromatic rings. The van der Waals surface area contributed by atoms with Gasteiger partial charge in [0.1, 0.15) is 11.2 Å². The van der Waals surface area contributed by atoms with Gasteiger partial charge in [-0.2, -0.15) is 5.26 Å². The van der Waals surface area contributed by atoms with Crippen molar-refractivity contribution in [2.45, 2.75) is 37.8 Å². The fourth-order valence-electron chi connectivity index (χ4n) is 3.35. The van der Waals surface area contributed by atoms with Crippen molar-refractivity contribution in [3.05, 3.63) is 22.0 Å². The Morgan fingerprint density at radius 2 is 2.00 bits per heavy atom. The van der Waals surface area contributed by atoms with Gasteiger partial charge in [0.15, 0.2) is 0 Å². The molecule has 9 heteroatoms. The van der Waals surface area contributed by atoms with Crippen LogP contribution in [0.4, 0.5) is 0 Å². The van der Waals surface area contributed by atoms with Gasteiger partial charge < -0.3 is 19.7 Å². The van der Waals surface area contributed by atoms with Crippen LogP contribution in [0.2, 0.25) is 5.02 Å². The van der Waals surface area contributed by atoms with Crippen molar-refractivity contribution >= 4 is 29.3 Å². The number of hydrogen-bond donors (Lipinski definition) is 2. The zero-order chi connectivity index (χ0) is 18.2. The molecule has 0 aliphatic carbocycles. The number of carboxylic acids is 1. The number of rotatable bonds is 4. The molecular formula is C16H16ClN3O5. The lowest BCUT2D eigenvalue weighted by molar-refractivity contribution is -0.119. The van der Waals surface area contributed by atoms with E-state index in [1.807, 2.05) is 6.07 Å². The topological polar surface area (TPSA) is 121 Å². The summed E-state index contributed by atoms with van der Waals surface area (Å²) in [6.45, 7) is 1.05. The lowest BCUT2D eigenvalue weighted by Gasteiger charge is -2.31. The van der Waals surface area contributed by atoms with Crippen LogP contribution in [-0.2, 0) is 22.5 Å². The standard InChI is InChI=1S/C16H16ClN3O5/c17-11-10(15(23)24)9-2-1-5-20(9)12(11)13(21)14(22)19-16(8-18)3-6-25-7-4-16/h1-7H2,(H,19,22)(H,23,24). The number of nitrogens with one attached hydrogen (secondary N) is 1. The second-order valence-corrected chi connectivity index (χ2v) is 6.51. The molecule has 0 bridgehead atoms. The van der Waals surface area contributed by atoms with E-state index in [1.165, 1.54) is 4.57 Å². The van der Waals surface area contributed by atoms with Crippen molar-refractivity contribution in [2.24, 2.45) is 0 Å². The number of amides is 1. The lowest BCUT2D eigenvalue weighted by Crippen LogP contribution is -2.53. The van der Waals surface area contributed by atoms with Gasteiger partial charge in [0.25, 0.3) is 11.7 Å². The molecule has 1 fully saturated rings. The van der Waals surface area contributed by atoms with Gasteiger partial charge in [0, 0.05) is 38.3 Å². The average Bonchev–Trinajstić information content (AvgIpc) is 3.14. The molecule has 8 nitrogen and oxygen atoms in total. The SMILES string of the molecule is N#CC1(NC(=O)C(=O)c2c(Cl)c(C(=O)O)c3n2CCC3)CCOCC1. The molecule has 0 spiro atoms. The van der Waals surface area contributed by atoms with Crippen molar-refractivity contribution in [3.8, 4) is 6.07 Å². The quantitative estimate of drug-likeness (QED) is 0.610. The van der Waals surface area contributed by atoms with E-state index in [-0.39, 0.29) is 29.1 Å². The maximum absolute atomic E-state index is 12.6. The molecule has 0 saturated carbocycles. The number of nitriles is 1. The smallest absolute Gasteiger partial charge is 0.339 e. The molecule has 1 aromatic heterocycles. The van der Waals surface area contributed by atoms with E-state index in [0.717, 1.165) is 0 Å². The zero-order valence-electron chi connectivity index (χ0n) is 13.3. The number of nitrogens with zero attached hydrogens (tertiary/aromatic N) is 2. The number of ether oxygens (including phenoxy) is 1. The maximum Gasteiger partial charge on any atom is 0.339 e. The number of aromatic nitrogens is 1. The van der Waals surface area contributed by atoms with Crippen molar-refractivity contribution in [3.63, 3.8) is 0 Å². The van der Waals surface area contributed by atoms with Crippen molar-refractivity contribution in [1.82, 2.24) is 9.88 Å². The number of hydrogen-bond acceptors (Lipinski definition) is 5. The minimum atomic E-state index is -1.23. The molecule has 2 N–H and O–H groups in total. The van der Waals surface area contributed by atoms with Crippen LogP contribution in [0, 0.1) is 11.3 Å². The third kappa shape index (κ3) is 2.90. The van der Waals surface area contributed by atoms with Gasteiger partial charge >= 0.3 is 5.97 Å². The molecule has 1 amide bonds. The van der Waals surface area contributed by atoms with Crippen molar-refractivity contribution in [1.29, 1.82) is 5.26 Å². The predicted octanol–water partition coefficient (Wildman–Crippen LogP) is 1.16. The van der Waals surface area contributed by atoms with E-state index in [1.54, 1.807) is 0 Å². The van der Waals surface area contributed by atoms with E-state index < -0.39 is 23.2 Å². The Kier molecular flexibility index (Phi) is 4.54. The summed E-state index contributed by atoms with van der Waals surface area (Å²) in [5.41, 5.74) is -0.955. The van der Waals surface area contributed by atoms with Gasteiger partial charge in [0.05, 0.1) is 16.7 Å². The van der Waals surface area contributed by atoms with Crippen molar-refractivity contribution in [2.75, 3.05) is 13.2 Å². The minimum absolute atomic E-state index is 0.121. The third-order valence-electron chi connectivity index (χ3n) is 4.66. The summed E-state index contributed by atoms with van der Waals surface area (Å²) in [6, 6.07) is 2.05. The summed E-state index contributed by atoms with van der Waals surface area (Å²) in [5.74, 6) is -3.12. The van der Waals surface area contributed by atoms with Crippen LogP contribution in [0.3, 0.4) is 0 Å². The van der Waals surface area contributed by atoms with Gasteiger partial charge in [-0.25, -0.2) is 4.79 Å². The van der Waals surface area contributed by atoms with Gasteiger partial charge in [-0.1, -0.05) is 11.6 Å². The second kappa shape index (κ2) is 6.50. The highest BCUT2D eigenvalue weighted by Gasteiger charge is 2.39. The Labute approximate surface area is 148 Å². The highest BCUT2D eigenvalue weighted by molar-refractivity contribution is 6.47. The normalized spacial score (nSPS) is 18.2. The molecule has 25 heavy (non-hydrogen) atoms. The average molecular weight is 366 g/mol. The summed E-state index contributed by atoms with van der Waals surface area (Å²) in [4.78, 5) is 36.5. The third-order valence-corrected chi connectivity index (χ3v) is 5.02. The number of halogens is 1. The molecule has 0 atom stereocenters. The largest absolute Gasteiger partial charge is 0.478 e. The van der Waals surface area contributed by atoms with Crippen LogP contribution < -0.4 is 5.32 Å². The second-order valence-electron chi connectivity index (χ2n) is 6.13. The Balaban J connectivity index is 1.91. The molecule has 3 rings (SSSR count). The fraction of sp³-hybridized carbons (Fsp3) is 0.500. The first-order chi connectivity index (χ1) is 11.9. The van der Waals surface area contributed by atoms with Crippen LogP contribution in [0.15, 0.2) is 0 Å². The van der Waals surface area contributed by atoms with Crippen LogP contribution in [0.5, 0.6) is 0 Å². The molecule has 0 radical (unpaired) electrons.